The molecule has 6 N–H and O–H groups in total. The van der Waals surface area contributed by atoms with E-state index in [4.69, 9.17) is 14.2 Å². The molecule has 0 spiro atoms. The van der Waals surface area contributed by atoms with Crippen molar-refractivity contribution in [3.63, 3.8) is 0 Å². The van der Waals surface area contributed by atoms with Crippen molar-refractivity contribution >= 4 is 12.0 Å². The normalized spacial score (nSPS) is 25.6. The van der Waals surface area contributed by atoms with Gasteiger partial charge in [-0.05, 0) is 41.5 Å². The highest BCUT2D eigenvalue weighted by Gasteiger charge is 2.44. The van der Waals surface area contributed by atoms with Crippen molar-refractivity contribution in [2.75, 3.05) is 6.61 Å². The fourth-order valence-electron chi connectivity index (χ4n) is 2.97. The van der Waals surface area contributed by atoms with E-state index in [9.17, 15) is 35.4 Å². The minimum atomic E-state index is -1.54. The minimum absolute atomic E-state index is 0.0235. The molecule has 1 fully saturated rings. The second kappa shape index (κ2) is 10.4. The molecule has 1 heterocycles. The van der Waals surface area contributed by atoms with Gasteiger partial charge in [0.15, 0.2) is 11.5 Å². The van der Waals surface area contributed by atoms with Crippen molar-refractivity contribution < 1.29 is 49.6 Å². The molecule has 10 heteroatoms. The van der Waals surface area contributed by atoms with Gasteiger partial charge in [-0.15, -0.1) is 0 Å². The van der Waals surface area contributed by atoms with Gasteiger partial charge in [-0.1, -0.05) is 18.2 Å². The Morgan fingerprint density at radius 2 is 1.69 bits per heavy atom. The Hall–Kier alpha value is -3.15. The molecule has 1 saturated heterocycles. The van der Waals surface area contributed by atoms with Crippen molar-refractivity contribution in [3.8, 4) is 17.2 Å². The number of rotatable bonds is 7. The fourth-order valence-corrected chi connectivity index (χ4v) is 2.97. The molecular formula is C22H24O10. The average molecular weight is 448 g/mol. The van der Waals surface area contributed by atoms with Gasteiger partial charge >= 0.3 is 5.97 Å². The van der Waals surface area contributed by atoms with Gasteiger partial charge in [0.2, 0.25) is 6.29 Å². The average Bonchev–Trinajstić information content (AvgIpc) is 2.79. The Labute approximate surface area is 183 Å². The van der Waals surface area contributed by atoms with Crippen LogP contribution in [-0.2, 0) is 20.9 Å². The summed E-state index contributed by atoms with van der Waals surface area (Å²) in [5.74, 6) is -0.883. The van der Waals surface area contributed by atoms with E-state index in [0.29, 0.717) is 11.1 Å². The first-order valence-electron chi connectivity index (χ1n) is 9.71. The second-order valence-corrected chi connectivity index (χ2v) is 7.15. The predicted molar refractivity (Wildman–Crippen MR) is 109 cm³/mol. The molecular weight excluding hydrogens is 424 g/mol. The van der Waals surface area contributed by atoms with Crippen LogP contribution < -0.4 is 4.74 Å². The number of aliphatic hydroxyl groups is 4. The molecule has 0 aromatic heterocycles. The Balaban J connectivity index is 1.51. The van der Waals surface area contributed by atoms with Gasteiger partial charge in [0.1, 0.15) is 36.8 Å². The maximum atomic E-state index is 11.9. The Kier molecular flexibility index (Phi) is 7.67. The highest BCUT2D eigenvalue weighted by molar-refractivity contribution is 5.87. The molecule has 2 aromatic rings. The first kappa shape index (κ1) is 23.5. The summed E-state index contributed by atoms with van der Waals surface area (Å²) in [5.41, 5.74) is 1.15. The van der Waals surface area contributed by atoms with Crippen LogP contribution in [0.25, 0.3) is 6.08 Å². The van der Waals surface area contributed by atoms with E-state index in [1.807, 2.05) is 0 Å². The van der Waals surface area contributed by atoms with Crippen molar-refractivity contribution in [1.29, 1.82) is 0 Å². The first-order valence-corrected chi connectivity index (χ1v) is 9.71. The van der Waals surface area contributed by atoms with Crippen LogP contribution in [0.15, 0.2) is 48.5 Å². The zero-order valence-electron chi connectivity index (χ0n) is 16.8. The molecule has 1 aliphatic heterocycles. The number of aliphatic hydroxyl groups excluding tert-OH is 4. The largest absolute Gasteiger partial charge is 0.504 e. The molecule has 172 valence electrons. The first-order chi connectivity index (χ1) is 15.3. The lowest BCUT2D eigenvalue weighted by Crippen LogP contribution is -2.60. The number of phenolic OH excluding ortho intramolecular Hbond substituents is 2. The number of benzene rings is 2. The number of hydrogen-bond acceptors (Lipinski definition) is 10. The highest BCUT2D eigenvalue weighted by atomic mass is 16.7. The maximum absolute atomic E-state index is 11.9. The summed E-state index contributed by atoms with van der Waals surface area (Å²) >= 11 is 0. The van der Waals surface area contributed by atoms with Crippen LogP contribution in [0.3, 0.4) is 0 Å². The topological polar surface area (TPSA) is 166 Å². The van der Waals surface area contributed by atoms with Crippen LogP contribution in [0.4, 0.5) is 0 Å². The summed E-state index contributed by atoms with van der Waals surface area (Å²) in [6, 6.07) is 10.4. The van der Waals surface area contributed by atoms with E-state index in [1.54, 1.807) is 24.3 Å². The molecule has 0 bridgehead atoms. The van der Waals surface area contributed by atoms with E-state index in [-0.39, 0.29) is 23.9 Å². The lowest BCUT2D eigenvalue weighted by Gasteiger charge is -2.39. The van der Waals surface area contributed by atoms with Crippen LogP contribution in [0.5, 0.6) is 17.2 Å². The summed E-state index contributed by atoms with van der Waals surface area (Å²) in [6.45, 7) is -0.582. The fraction of sp³-hybridized carbons (Fsp3) is 0.318. The second-order valence-electron chi connectivity index (χ2n) is 7.15. The molecule has 1 aliphatic rings. The summed E-state index contributed by atoms with van der Waals surface area (Å²) in [4.78, 5) is 11.9. The van der Waals surface area contributed by atoms with Crippen molar-refractivity contribution in [3.05, 3.63) is 59.7 Å². The number of hydrogen-bond donors (Lipinski definition) is 6. The van der Waals surface area contributed by atoms with Crippen molar-refractivity contribution in [2.24, 2.45) is 0 Å². The minimum Gasteiger partial charge on any atom is -0.504 e. The zero-order chi connectivity index (χ0) is 23.3. The highest BCUT2D eigenvalue weighted by Crippen LogP contribution is 2.26. The Morgan fingerprint density at radius 3 is 2.34 bits per heavy atom. The van der Waals surface area contributed by atoms with E-state index in [1.165, 1.54) is 30.4 Å². The van der Waals surface area contributed by atoms with Crippen LogP contribution in [-0.4, -0.2) is 73.9 Å². The number of carbonyl (C=O) groups excluding carboxylic acids is 1. The Morgan fingerprint density at radius 1 is 0.969 bits per heavy atom. The van der Waals surface area contributed by atoms with Crippen LogP contribution in [0.1, 0.15) is 11.1 Å². The number of esters is 1. The van der Waals surface area contributed by atoms with Crippen LogP contribution in [0.2, 0.25) is 0 Å². The Bertz CT molecular complexity index is 940. The molecule has 3 rings (SSSR count). The van der Waals surface area contributed by atoms with Gasteiger partial charge in [0, 0.05) is 6.08 Å². The molecule has 0 saturated carbocycles. The molecule has 10 nitrogen and oxygen atoms in total. The van der Waals surface area contributed by atoms with Crippen LogP contribution >= 0.6 is 0 Å². The quantitative estimate of drug-likeness (QED) is 0.193. The molecule has 0 unspecified atom stereocenters. The van der Waals surface area contributed by atoms with Gasteiger partial charge in [0.05, 0.1) is 6.61 Å². The summed E-state index contributed by atoms with van der Waals surface area (Å²) in [6.07, 6.45) is -4.28. The monoisotopic (exact) mass is 448 g/mol. The third-order valence-corrected chi connectivity index (χ3v) is 4.82. The summed E-state index contributed by atoms with van der Waals surface area (Å²) in [7, 11) is 0. The number of aromatic hydroxyl groups is 2. The maximum Gasteiger partial charge on any atom is 0.331 e. The number of carbonyl (C=O) groups is 1. The summed E-state index contributed by atoms with van der Waals surface area (Å²) in [5, 5.41) is 57.5. The predicted octanol–water partition coefficient (Wildman–Crippen LogP) is 0.0331. The lowest BCUT2D eigenvalue weighted by atomic mass is 9.99. The van der Waals surface area contributed by atoms with Crippen molar-refractivity contribution in [2.45, 2.75) is 37.3 Å². The molecule has 32 heavy (non-hydrogen) atoms. The standard InChI is InChI=1S/C22H24O10/c23-10-17-19(27)20(28)21(29)22(32-17)31-14-5-1-13(2-6-14)11-30-18(26)8-4-12-3-7-15(24)16(25)9-12/h1-9,17,19-25,27-29H,10-11H2/b8-4+/t17-,19-,20+,21-,22-/m1/s1. The summed E-state index contributed by atoms with van der Waals surface area (Å²) < 4.78 is 15.9. The molecule has 0 aliphatic carbocycles. The van der Waals surface area contributed by atoms with Crippen LogP contribution in [0, 0.1) is 0 Å². The van der Waals surface area contributed by atoms with E-state index in [2.05, 4.69) is 0 Å². The lowest BCUT2D eigenvalue weighted by molar-refractivity contribution is -0.277. The molecule has 2 aromatic carbocycles. The van der Waals surface area contributed by atoms with Gasteiger partial charge in [-0.25, -0.2) is 4.79 Å². The number of ether oxygens (including phenoxy) is 3. The third kappa shape index (κ3) is 5.75. The van der Waals surface area contributed by atoms with Gasteiger partial charge in [0.25, 0.3) is 0 Å². The van der Waals surface area contributed by atoms with Gasteiger partial charge in [-0.3, -0.25) is 0 Å². The van der Waals surface area contributed by atoms with Gasteiger partial charge < -0.3 is 44.8 Å². The van der Waals surface area contributed by atoms with E-state index < -0.39 is 43.3 Å². The van der Waals surface area contributed by atoms with Crippen molar-refractivity contribution in [1.82, 2.24) is 0 Å². The smallest absolute Gasteiger partial charge is 0.331 e. The molecule has 5 atom stereocenters. The SMILES string of the molecule is O=C(/C=C/c1ccc(O)c(O)c1)OCc1ccc(O[C@@H]2O[C@H](CO)[C@@H](O)[C@H](O)[C@H]2O)cc1. The van der Waals surface area contributed by atoms with E-state index >= 15 is 0 Å². The third-order valence-electron chi connectivity index (χ3n) is 4.82. The van der Waals surface area contributed by atoms with E-state index in [0.717, 1.165) is 0 Å². The zero-order valence-corrected chi connectivity index (χ0v) is 16.8. The number of phenols is 2. The molecule has 0 radical (unpaired) electrons. The molecule has 0 amide bonds. The van der Waals surface area contributed by atoms with Gasteiger partial charge in [-0.2, -0.15) is 0 Å².